The largest absolute Gasteiger partial charge is 0.475 e. The van der Waals surface area contributed by atoms with Gasteiger partial charge in [0.25, 0.3) is 0 Å². The Labute approximate surface area is 98.2 Å². The minimum absolute atomic E-state index is 0.0881. The van der Waals surface area contributed by atoms with Crippen LogP contribution < -0.4 is 0 Å². The van der Waals surface area contributed by atoms with Gasteiger partial charge in [-0.3, -0.25) is 0 Å². The lowest BCUT2D eigenvalue weighted by atomic mass is 10.0. The van der Waals surface area contributed by atoms with Crippen molar-refractivity contribution in [2.24, 2.45) is 0 Å². The molecule has 0 saturated carbocycles. The third kappa shape index (κ3) is 2.41. The lowest BCUT2D eigenvalue weighted by Crippen LogP contribution is -2.07. The van der Waals surface area contributed by atoms with E-state index in [0.29, 0.717) is 12.2 Å². The van der Waals surface area contributed by atoms with Crippen LogP contribution in [-0.4, -0.2) is 27.6 Å². The van der Waals surface area contributed by atoms with Gasteiger partial charge in [-0.2, -0.15) is 24.9 Å². The third-order valence-electron chi connectivity index (χ3n) is 2.41. The Morgan fingerprint density at radius 1 is 1.53 bits per heavy atom. The van der Waals surface area contributed by atoms with Crippen molar-refractivity contribution in [2.75, 3.05) is 11.5 Å². The minimum atomic E-state index is -4.76. The van der Waals surface area contributed by atoms with E-state index in [1.54, 1.807) is 11.8 Å². The van der Waals surface area contributed by atoms with Crippen LogP contribution in [0.1, 0.15) is 34.5 Å². The van der Waals surface area contributed by atoms with Gasteiger partial charge >= 0.3 is 18.0 Å². The highest BCUT2D eigenvalue weighted by Gasteiger charge is 2.41. The number of thioether (sulfide) groups is 1. The molecule has 1 fully saturated rings. The van der Waals surface area contributed by atoms with Crippen molar-refractivity contribution in [2.45, 2.75) is 18.5 Å². The molecule has 0 spiro atoms. The van der Waals surface area contributed by atoms with Gasteiger partial charge in [0.05, 0.1) is 5.69 Å². The molecule has 0 amide bonds. The van der Waals surface area contributed by atoms with E-state index in [1.807, 2.05) is 0 Å². The predicted molar refractivity (Wildman–Crippen MR) is 53.1 cm³/mol. The lowest BCUT2D eigenvalue weighted by Gasteiger charge is -2.03. The number of hydrogen-bond acceptors (Lipinski definition) is 4. The molecule has 2 rings (SSSR count). The maximum absolute atomic E-state index is 12.4. The van der Waals surface area contributed by atoms with E-state index >= 15 is 0 Å². The summed E-state index contributed by atoms with van der Waals surface area (Å²) >= 11 is 1.56. The fourth-order valence-corrected chi connectivity index (χ4v) is 2.86. The van der Waals surface area contributed by atoms with E-state index in [0.717, 1.165) is 5.75 Å². The molecule has 8 heteroatoms. The standard InChI is InChI=1S/C9H8F3NO3S/c10-9(11,12)8-13-5(4-1-2-17-3-4)6(16-8)7(14)15/h4H,1-3H2,(H,14,15). The zero-order valence-corrected chi connectivity index (χ0v) is 9.27. The molecular formula is C9H8F3NO3S. The second-order valence-corrected chi connectivity index (χ2v) is 4.75. The number of rotatable bonds is 2. The van der Waals surface area contributed by atoms with Crippen LogP contribution >= 0.6 is 11.8 Å². The molecule has 1 atom stereocenters. The van der Waals surface area contributed by atoms with Gasteiger partial charge in [-0.05, 0) is 12.2 Å². The van der Waals surface area contributed by atoms with Crippen LogP contribution in [0.15, 0.2) is 4.42 Å². The average molecular weight is 267 g/mol. The molecule has 1 aromatic rings. The number of aromatic nitrogens is 1. The van der Waals surface area contributed by atoms with Crippen molar-refractivity contribution in [1.82, 2.24) is 4.98 Å². The number of carboxylic acid groups (broad SMARTS) is 1. The number of hydrogen-bond donors (Lipinski definition) is 1. The van der Waals surface area contributed by atoms with Gasteiger partial charge in [-0.15, -0.1) is 0 Å². The number of halogens is 3. The summed E-state index contributed by atoms with van der Waals surface area (Å²) in [6, 6.07) is 0. The first-order chi connectivity index (χ1) is 7.89. The average Bonchev–Trinajstić information content (AvgIpc) is 2.85. The Balaban J connectivity index is 2.42. The van der Waals surface area contributed by atoms with Crippen molar-refractivity contribution in [3.05, 3.63) is 17.3 Å². The van der Waals surface area contributed by atoms with Gasteiger partial charge in [0.1, 0.15) is 0 Å². The lowest BCUT2D eigenvalue weighted by molar-refractivity contribution is -0.157. The number of nitrogens with zero attached hydrogens (tertiary/aromatic N) is 1. The maximum atomic E-state index is 12.4. The molecule has 0 aliphatic carbocycles. The first-order valence-electron chi connectivity index (χ1n) is 4.78. The molecule has 17 heavy (non-hydrogen) atoms. The van der Waals surface area contributed by atoms with Crippen molar-refractivity contribution >= 4 is 17.7 Å². The van der Waals surface area contributed by atoms with Crippen molar-refractivity contribution in [1.29, 1.82) is 0 Å². The summed E-state index contributed by atoms with van der Waals surface area (Å²) in [5.74, 6) is -2.60. The Kier molecular flexibility index (Phi) is 3.07. The number of aromatic carboxylic acids is 1. The monoisotopic (exact) mass is 267 g/mol. The third-order valence-corrected chi connectivity index (χ3v) is 3.57. The van der Waals surface area contributed by atoms with Crippen LogP contribution in [0, 0.1) is 0 Å². The van der Waals surface area contributed by atoms with E-state index in [4.69, 9.17) is 5.11 Å². The van der Waals surface area contributed by atoms with Gasteiger partial charge in [0.15, 0.2) is 0 Å². The fraction of sp³-hybridized carbons (Fsp3) is 0.556. The van der Waals surface area contributed by atoms with E-state index in [2.05, 4.69) is 9.40 Å². The number of carboxylic acids is 1. The molecule has 0 bridgehead atoms. The highest BCUT2D eigenvalue weighted by atomic mass is 32.2. The Hall–Kier alpha value is -1.18. The van der Waals surface area contributed by atoms with Crippen LogP contribution in [0.25, 0.3) is 0 Å². The second-order valence-electron chi connectivity index (χ2n) is 3.60. The highest BCUT2D eigenvalue weighted by molar-refractivity contribution is 7.99. The van der Waals surface area contributed by atoms with Gasteiger partial charge in [0.2, 0.25) is 5.76 Å². The quantitative estimate of drug-likeness (QED) is 0.892. The summed E-state index contributed by atoms with van der Waals surface area (Å²) in [5.41, 5.74) is -0.0881. The molecule has 4 nitrogen and oxygen atoms in total. The molecule has 94 valence electrons. The van der Waals surface area contributed by atoms with Crippen LogP contribution in [0.5, 0.6) is 0 Å². The van der Waals surface area contributed by atoms with Crippen molar-refractivity contribution in [3.63, 3.8) is 0 Å². The molecule has 1 unspecified atom stereocenters. The zero-order chi connectivity index (χ0) is 12.6. The Morgan fingerprint density at radius 2 is 2.24 bits per heavy atom. The number of carbonyl (C=O) groups is 1. The summed E-state index contributed by atoms with van der Waals surface area (Å²) in [7, 11) is 0. The molecule has 1 aliphatic heterocycles. The molecule has 1 N–H and O–H groups in total. The normalized spacial score (nSPS) is 20.8. The molecule has 1 saturated heterocycles. The maximum Gasteiger partial charge on any atom is 0.468 e. The number of alkyl halides is 3. The summed E-state index contributed by atoms with van der Waals surface area (Å²) in [5, 5.41) is 8.80. The van der Waals surface area contributed by atoms with Gasteiger partial charge in [-0.25, -0.2) is 9.78 Å². The van der Waals surface area contributed by atoms with E-state index < -0.39 is 23.8 Å². The van der Waals surface area contributed by atoms with Crippen LogP contribution in [0.2, 0.25) is 0 Å². The van der Waals surface area contributed by atoms with E-state index in [9.17, 15) is 18.0 Å². The summed E-state index contributed by atoms with van der Waals surface area (Å²) < 4.78 is 41.4. The summed E-state index contributed by atoms with van der Waals surface area (Å²) in [6.45, 7) is 0. The van der Waals surface area contributed by atoms with Crippen molar-refractivity contribution < 1.29 is 27.5 Å². The van der Waals surface area contributed by atoms with E-state index in [1.165, 1.54) is 0 Å². The topological polar surface area (TPSA) is 63.3 Å². The van der Waals surface area contributed by atoms with E-state index in [-0.39, 0.29) is 11.6 Å². The molecular weight excluding hydrogens is 259 g/mol. The summed E-state index contributed by atoms with van der Waals surface area (Å²) in [4.78, 5) is 14.1. The minimum Gasteiger partial charge on any atom is -0.475 e. The smallest absolute Gasteiger partial charge is 0.468 e. The molecule has 1 aliphatic rings. The predicted octanol–water partition coefficient (Wildman–Crippen LogP) is 2.61. The second kappa shape index (κ2) is 4.25. The molecule has 0 radical (unpaired) electrons. The van der Waals surface area contributed by atoms with Gasteiger partial charge in [0, 0.05) is 11.7 Å². The van der Waals surface area contributed by atoms with Crippen LogP contribution in [0.3, 0.4) is 0 Å². The molecule has 2 heterocycles. The first kappa shape index (κ1) is 12.3. The van der Waals surface area contributed by atoms with Gasteiger partial charge in [-0.1, -0.05) is 0 Å². The SMILES string of the molecule is O=C(O)c1oc(C(F)(F)F)nc1C1CCSC1. The highest BCUT2D eigenvalue weighted by Crippen LogP contribution is 2.37. The van der Waals surface area contributed by atoms with Gasteiger partial charge < -0.3 is 9.52 Å². The Morgan fingerprint density at radius 3 is 2.71 bits per heavy atom. The first-order valence-corrected chi connectivity index (χ1v) is 5.94. The Bertz CT molecular complexity index is 437. The van der Waals surface area contributed by atoms with Crippen LogP contribution in [0.4, 0.5) is 13.2 Å². The summed E-state index contributed by atoms with van der Waals surface area (Å²) in [6.07, 6.45) is -4.14. The van der Waals surface area contributed by atoms with Crippen LogP contribution in [-0.2, 0) is 6.18 Å². The number of oxazole rings is 1. The fourth-order valence-electron chi connectivity index (χ4n) is 1.63. The molecule has 1 aromatic heterocycles. The zero-order valence-electron chi connectivity index (χ0n) is 8.45. The molecule has 0 aromatic carbocycles. The van der Waals surface area contributed by atoms with Crippen molar-refractivity contribution in [3.8, 4) is 0 Å².